The summed E-state index contributed by atoms with van der Waals surface area (Å²) in [6, 6.07) is 2.09. The first-order valence-electron chi connectivity index (χ1n) is 4.84. The van der Waals surface area contributed by atoms with Gasteiger partial charge >= 0.3 is 0 Å². The first-order valence-corrected chi connectivity index (χ1v) is 4.84. The molecule has 78 valence electrons. The molecule has 0 saturated carbocycles. The summed E-state index contributed by atoms with van der Waals surface area (Å²) in [5, 5.41) is 4.31. The van der Waals surface area contributed by atoms with Gasteiger partial charge in [-0.15, -0.1) is 6.58 Å². The summed E-state index contributed by atoms with van der Waals surface area (Å²) in [7, 11) is 1.96. The standard InChI is InChI=1S/C11H19N3/c1-5-11(3,8-12)7-10-6-9(2)13-14(10)4/h5-6H,1,7-8,12H2,2-4H3. The van der Waals surface area contributed by atoms with Crippen LogP contribution in [-0.2, 0) is 13.5 Å². The van der Waals surface area contributed by atoms with Crippen molar-refractivity contribution in [2.75, 3.05) is 6.54 Å². The predicted molar refractivity (Wildman–Crippen MR) is 59.0 cm³/mol. The van der Waals surface area contributed by atoms with Crippen molar-refractivity contribution in [2.45, 2.75) is 20.3 Å². The van der Waals surface area contributed by atoms with Crippen LogP contribution in [0.15, 0.2) is 18.7 Å². The van der Waals surface area contributed by atoms with Crippen molar-refractivity contribution in [3.05, 3.63) is 30.1 Å². The molecule has 0 aliphatic carbocycles. The van der Waals surface area contributed by atoms with Gasteiger partial charge < -0.3 is 5.73 Å². The Labute approximate surface area is 85.6 Å². The lowest BCUT2D eigenvalue weighted by molar-refractivity contribution is 0.424. The second kappa shape index (κ2) is 3.96. The third-order valence-electron chi connectivity index (χ3n) is 2.64. The molecule has 14 heavy (non-hydrogen) atoms. The highest BCUT2D eigenvalue weighted by Gasteiger charge is 2.20. The van der Waals surface area contributed by atoms with E-state index >= 15 is 0 Å². The first-order chi connectivity index (χ1) is 6.50. The van der Waals surface area contributed by atoms with Crippen molar-refractivity contribution in [1.29, 1.82) is 0 Å². The normalized spacial score (nSPS) is 15.1. The number of aromatic nitrogens is 2. The highest BCUT2D eigenvalue weighted by Crippen LogP contribution is 2.22. The van der Waals surface area contributed by atoms with E-state index in [0.29, 0.717) is 6.54 Å². The Morgan fingerprint density at radius 1 is 1.71 bits per heavy atom. The fourth-order valence-corrected chi connectivity index (χ4v) is 1.47. The fourth-order valence-electron chi connectivity index (χ4n) is 1.47. The number of nitrogens with zero attached hydrogens (tertiary/aromatic N) is 2. The van der Waals surface area contributed by atoms with Gasteiger partial charge in [0.2, 0.25) is 0 Å². The van der Waals surface area contributed by atoms with Gasteiger partial charge in [0.15, 0.2) is 0 Å². The van der Waals surface area contributed by atoms with E-state index < -0.39 is 0 Å². The van der Waals surface area contributed by atoms with Crippen molar-refractivity contribution in [3.8, 4) is 0 Å². The monoisotopic (exact) mass is 193 g/mol. The van der Waals surface area contributed by atoms with E-state index in [4.69, 9.17) is 5.73 Å². The summed E-state index contributed by atoms with van der Waals surface area (Å²) in [6.07, 6.45) is 2.82. The molecule has 1 atom stereocenters. The zero-order valence-corrected chi connectivity index (χ0v) is 9.25. The fraction of sp³-hybridized carbons (Fsp3) is 0.545. The zero-order chi connectivity index (χ0) is 10.8. The number of nitrogens with two attached hydrogens (primary N) is 1. The maximum atomic E-state index is 5.72. The average Bonchev–Trinajstić information content (AvgIpc) is 2.45. The SMILES string of the molecule is C=CC(C)(CN)Cc1cc(C)nn1C. The smallest absolute Gasteiger partial charge is 0.0596 e. The van der Waals surface area contributed by atoms with E-state index in [0.717, 1.165) is 12.1 Å². The maximum Gasteiger partial charge on any atom is 0.0596 e. The van der Waals surface area contributed by atoms with Gasteiger partial charge in [0.25, 0.3) is 0 Å². The minimum absolute atomic E-state index is 0.0275. The van der Waals surface area contributed by atoms with Gasteiger partial charge in [0, 0.05) is 24.7 Å². The van der Waals surface area contributed by atoms with Crippen LogP contribution in [0.5, 0.6) is 0 Å². The second-order valence-corrected chi connectivity index (χ2v) is 4.14. The highest BCUT2D eigenvalue weighted by molar-refractivity contribution is 5.13. The summed E-state index contributed by atoms with van der Waals surface area (Å²) >= 11 is 0. The Bertz CT molecular complexity index is 327. The van der Waals surface area contributed by atoms with Crippen LogP contribution in [0.2, 0.25) is 0 Å². The molecule has 0 saturated heterocycles. The summed E-state index contributed by atoms with van der Waals surface area (Å²) in [4.78, 5) is 0. The van der Waals surface area contributed by atoms with Crippen LogP contribution in [0.25, 0.3) is 0 Å². The Hall–Kier alpha value is -1.09. The predicted octanol–water partition coefficient (Wildman–Crippen LogP) is 1.42. The molecule has 0 aliphatic heterocycles. The summed E-state index contributed by atoms with van der Waals surface area (Å²) in [6.45, 7) is 8.55. The number of aryl methyl sites for hydroxylation is 2. The van der Waals surface area contributed by atoms with Crippen LogP contribution in [0.1, 0.15) is 18.3 Å². The Balaban J connectivity index is 2.87. The molecule has 0 fully saturated rings. The first kappa shape index (κ1) is 11.0. The molecule has 1 unspecified atom stereocenters. The van der Waals surface area contributed by atoms with Crippen molar-refractivity contribution < 1.29 is 0 Å². The minimum atomic E-state index is -0.0275. The molecule has 0 bridgehead atoms. The summed E-state index contributed by atoms with van der Waals surface area (Å²) in [5.41, 5.74) is 7.94. The highest BCUT2D eigenvalue weighted by atomic mass is 15.3. The second-order valence-electron chi connectivity index (χ2n) is 4.14. The Kier molecular flexibility index (Phi) is 3.11. The quantitative estimate of drug-likeness (QED) is 0.735. The van der Waals surface area contributed by atoms with Crippen molar-refractivity contribution in [2.24, 2.45) is 18.2 Å². The summed E-state index contributed by atoms with van der Waals surface area (Å²) in [5.74, 6) is 0. The Morgan fingerprint density at radius 2 is 2.36 bits per heavy atom. The molecular formula is C11H19N3. The molecule has 1 aromatic rings. The lowest BCUT2D eigenvalue weighted by Gasteiger charge is -2.23. The van der Waals surface area contributed by atoms with Crippen LogP contribution in [0.4, 0.5) is 0 Å². The van der Waals surface area contributed by atoms with Gasteiger partial charge in [-0.05, 0) is 19.4 Å². The molecule has 3 nitrogen and oxygen atoms in total. The van der Waals surface area contributed by atoms with Gasteiger partial charge in [-0.1, -0.05) is 13.0 Å². The molecule has 3 heteroatoms. The molecule has 1 aromatic heterocycles. The molecule has 0 aliphatic rings. The third kappa shape index (κ3) is 2.23. The van der Waals surface area contributed by atoms with E-state index in [1.165, 1.54) is 5.69 Å². The van der Waals surface area contributed by atoms with Crippen molar-refractivity contribution in [3.63, 3.8) is 0 Å². The van der Waals surface area contributed by atoms with Gasteiger partial charge in [-0.25, -0.2) is 0 Å². The lowest BCUT2D eigenvalue weighted by atomic mass is 9.86. The number of hydrogen-bond acceptors (Lipinski definition) is 2. The molecule has 1 heterocycles. The van der Waals surface area contributed by atoms with E-state index in [2.05, 4.69) is 24.7 Å². The lowest BCUT2D eigenvalue weighted by Crippen LogP contribution is -2.28. The number of hydrogen-bond donors (Lipinski definition) is 1. The molecule has 1 rings (SSSR count). The molecule has 0 aromatic carbocycles. The van der Waals surface area contributed by atoms with Crippen molar-refractivity contribution >= 4 is 0 Å². The zero-order valence-electron chi connectivity index (χ0n) is 9.25. The molecular weight excluding hydrogens is 174 g/mol. The van der Waals surface area contributed by atoms with Gasteiger partial charge in [0.05, 0.1) is 5.69 Å². The van der Waals surface area contributed by atoms with Crippen LogP contribution in [-0.4, -0.2) is 16.3 Å². The molecule has 0 amide bonds. The third-order valence-corrected chi connectivity index (χ3v) is 2.64. The largest absolute Gasteiger partial charge is 0.330 e. The average molecular weight is 193 g/mol. The van der Waals surface area contributed by atoms with Crippen molar-refractivity contribution in [1.82, 2.24) is 9.78 Å². The number of rotatable bonds is 4. The molecule has 2 N–H and O–H groups in total. The van der Waals surface area contributed by atoms with Crippen LogP contribution in [0.3, 0.4) is 0 Å². The Morgan fingerprint density at radius 3 is 2.71 bits per heavy atom. The molecule has 0 radical (unpaired) electrons. The molecule has 0 spiro atoms. The van der Waals surface area contributed by atoms with Crippen LogP contribution in [0, 0.1) is 12.3 Å². The summed E-state index contributed by atoms with van der Waals surface area (Å²) < 4.78 is 1.91. The van der Waals surface area contributed by atoms with Gasteiger partial charge in [-0.3, -0.25) is 4.68 Å². The van der Waals surface area contributed by atoms with E-state index in [-0.39, 0.29) is 5.41 Å². The van der Waals surface area contributed by atoms with E-state index in [1.54, 1.807) is 0 Å². The van der Waals surface area contributed by atoms with Gasteiger partial charge in [0.1, 0.15) is 0 Å². The van der Waals surface area contributed by atoms with Gasteiger partial charge in [-0.2, -0.15) is 5.10 Å². The van der Waals surface area contributed by atoms with Crippen LogP contribution >= 0.6 is 0 Å². The minimum Gasteiger partial charge on any atom is -0.330 e. The van der Waals surface area contributed by atoms with Crippen LogP contribution < -0.4 is 5.73 Å². The van der Waals surface area contributed by atoms with E-state index in [9.17, 15) is 0 Å². The maximum absolute atomic E-state index is 5.72. The topological polar surface area (TPSA) is 43.8 Å². The van der Waals surface area contributed by atoms with E-state index in [1.807, 2.05) is 24.7 Å².